The SMILES string of the molecule is C[Si](C)C.Cn1ccnc1-c1[c-]c(-c2nccn2C)ccc1.[Ir].[c-]1ccccc1-c1ccccn1. The van der Waals surface area contributed by atoms with E-state index >= 15 is 0 Å². The minimum absolute atomic E-state index is 0. The van der Waals surface area contributed by atoms with Crippen molar-refractivity contribution in [2.45, 2.75) is 19.6 Å². The van der Waals surface area contributed by atoms with Gasteiger partial charge < -0.3 is 14.1 Å². The van der Waals surface area contributed by atoms with Gasteiger partial charge in [-0.15, -0.1) is 60.2 Å². The van der Waals surface area contributed by atoms with E-state index in [0.29, 0.717) is 0 Å². The zero-order valence-electron chi connectivity index (χ0n) is 20.7. The van der Waals surface area contributed by atoms with Gasteiger partial charge in [0.15, 0.2) is 0 Å². The number of pyridine rings is 1. The molecule has 5 rings (SSSR count). The van der Waals surface area contributed by atoms with Gasteiger partial charge in [0.05, 0.1) is 11.6 Å². The van der Waals surface area contributed by atoms with Crippen molar-refractivity contribution in [2.24, 2.45) is 14.1 Å². The summed E-state index contributed by atoms with van der Waals surface area (Å²) in [6.07, 6.45) is 9.22. The Hall–Kier alpha value is -3.12. The van der Waals surface area contributed by atoms with Gasteiger partial charge in [-0.05, 0) is 11.8 Å². The predicted molar refractivity (Wildman–Crippen MR) is 142 cm³/mol. The molecule has 0 unspecified atom stereocenters. The second kappa shape index (κ2) is 14.3. The molecule has 2 aromatic carbocycles. The quantitative estimate of drug-likeness (QED) is 0.172. The van der Waals surface area contributed by atoms with Crippen LogP contribution in [0.2, 0.25) is 19.6 Å². The van der Waals surface area contributed by atoms with Crippen LogP contribution in [-0.2, 0) is 34.2 Å². The molecule has 0 N–H and O–H groups in total. The van der Waals surface area contributed by atoms with Crippen LogP contribution < -0.4 is 0 Å². The molecular weight excluding hydrogens is 627 g/mol. The number of nitrogens with zero attached hydrogens (tertiary/aromatic N) is 5. The molecule has 0 aliphatic heterocycles. The number of rotatable bonds is 3. The van der Waals surface area contributed by atoms with E-state index in [2.05, 4.69) is 46.7 Å². The van der Waals surface area contributed by atoms with Crippen LogP contribution in [0.5, 0.6) is 0 Å². The van der Waals surface area contributed by atoms with Crippen LogP contribution in [0.25, 0.3) is 34.0 Å². The first-order chi connectivity index (χ1) is 16.5. The fourth-order valence-corrected chi connectivity index (χ4v) is 3.05. The van der Waals surface area contributed by atoms with E-state index in [4.69, 9.17) is 0 Å². The normalized spacial score (nSPS) is 9.89. The van der Waals surface area contributed by atoms with Crippen molar-refractivity contribution in [2.75, 3.05) is 0 Å². The van der Waals surface area contributed by atoms with Crippen LogP contribution in [0.3, 0.4) is 0 Å². The molecule has 0 saturated carbocycles. The van der Waals surface area contributed by atoms with Gasteiger partial charge in [-0.1, -0.05) is 42.9 Å². The van der Waals surface area contributed by atoms with E-state index in [1.807, 2.05) is 96.3 Å². The predicted octanol–water partition coefficient (Wildman–Crippen LogP) is 6.20. The van der Waals surface area contributed by atoms with Gasteiger partial charge in [-0.2, -0.15) is 0 Å². The first kappa shape index (κ1) is 28.1. The summed E-state index contributed by atoms with van der Waals surface area (Å²) in [5, 5.41) is 0. The third kappa shape index (κ3) is 8.55. The van der Waals surface area contributed by atoms with Crippen molar-refractivity contribution in [3.05, 3.63) is 104 Å². The second-order valence-electron chi connectivity index (χ2n) is 8.19. The molecule has 0 saturated heterocycles. The zero-order chi connectivity index (χ0) is 24.3. The number of hydrogen-bond acceptors (Lipinski definition) is 3. The Balaban J connectivity index is 0.000000221. The molecular formula is C28H30IrN5Si-2. The van der Waals surface area contributed by atoms with Crippen molar-refractivity contribution in [3.63, 3.8) is 0 Å². The molecule has 5 aromatic rings. The first-order valence-corrected chi connectivity index (χ1v) is 14.1. The molecule has 2 radical (unpaired) electrons. The van der Waals surface area contributed by atoms with Gasteiger partial charge in [0, 0.05) is 74.0 Å². The fourth-order valence-electron chi connectivity index (χ4n) is 3.05. The molecule has 0 spiro atoms. The summed E-state index contributed by atoms with van der Waals surface area (Å²) in [7, 11) is 4.07. The molecule has 3 aromatic heterocycles. The summed E-state index contributed by atoms with van der Waals surface area (Å²) in [6, 6.07) is 26.2. The topological polar surface area (TPSA) is 48.5 Å². The van der Waals surface area contributed by atoms with Crippen LogP contribution in [0.4, 0.5) is 0 Å². The molecule has 0 atom stereocenters. The molecule has 0 amide bonds. The summed E-state index contributed by atoms with van der Waals surface area (Å²) < 4.78 is 3.96. The van der Waals surface area contributed by atoms with Gasteiger partial charge in [0.1, 0.15) is 0 Å². The average Bonchev–Trinajstić information content (AvgIpc) is 3.48. The van der Waals surface area contributed by atoms with Gasteiger partial charge in [0.25, 0.3) is 0 Å². The van der Waals surface area contributed by atoms with E-state index in [0.717, 1.165) is 34.0 Å². The van der Waals surface area contributed by atoms with Crippen LogP contribution in [0.15, 0.2) is 91.6 Å². The zero-order valence-corrected chi connectivity index (χ0v) is 24.1. The molecule has 182 valence electrons. The largest absolute Gasteiger partial charge is 0.365 e. The molecule has 0 aliphatic carbocycles. The molecule has 0 fully saturated rings. The monoisotopic (exact) mass is 657 g/mol. The Kier molecular flexibility index (Phi) is 11.5. The van der Waals surface area contributed by atoms with Crippen LogP contribution >= 0.6 is 0 Å². The summed E-state index contributed by atoms with van der Waals surface area (Å²) in [6.45, 7) is 6.81. The molecule has 7 heteroatoms. The Morgan fingerprint density at radius 3 is 1.63 bits per heavy atom. The smallest absolute Gasteiger partial charge is 0.0727 e. The minimum atomic E-state index is 0. The van der Waals surface area contributed by atoms with Crippen molar-refractivity contribution in [1.82, 2.24) is 24.1 Å². The summed E-state index contributed by atoms with van der Waals surface area (Å²) in [4.78, 5) is 12.9. The van der Waals surface area contributed by atoms with E-state index in [9.17, 15) is 0 Å². The number of benzene rings is 2. The van der Waals surface area contributed by atoms with Crippen LogP contribution in [-0.4, -0.2) is 32.9 Å². The van der Waals surface area contributed by atoms with Gasteiger partial charge in [0.2, 0.25) is 0 Å². The number of imidazole rings is 2. The number of aromatic nitrogens is 5. The second-order valence-corrected chi connectivity index (χ2v) is 11.2. The molecule has 3 heterocycles. The molecule has 5 nitrogen and oxygen atoms in total. The van der Waals surface area contributed by atoms with Crippen molar-refractivity contribution in [3.8, 4) is 34.0 Å². The standard InChI is InChI=1S/C14H13N4.C11H8N.C3H9Si.Ir/c1-17-8-6-15-13(17)11-4-3-5-12(10-11)14-16-7-9-18(14)2;1-2-6-10(7-3-1)11-8-4-5-9-12-11;1-4(2)3;/h3-9H,1-2H3;1-6,8-9H;1-3H3;/q2*-1;;. The number of aryl methyl sites for hydroxylation is 2. The van der Waals surface area contributed by atoms with Crippen molar-refractivity contribution >= 4 is 8.80 Å². The van der Waals surface area contributed by atoms with Crippen molar-refractivity contribution in [1.29, 1.82) is 0 Å². The Morgan fingerprint density at radius 1 is 0.657 bits per heavy atom. The summed E-state index contributed by atoms with van der Waals surface area (Å²) in [5.41, 5.74) is 3.96. The van der Waals surface area contributed by atoms with E-state index in [1.165, 1.54) is 0 Å². The number of hydrogen-bond donors (Lipinski definition) is 0. The Morgan fingerprint density at radius 2 is 1.20 bits per heavy atom. The Bertz CT molecular complexity index is 1170. The van der Waals surface area contributed by atoms with E-state index < -0.39 is 0 Å². The molecule has 35 heavy (non-hydrogen) atoms. The maximum Gasteiger partial charge on any atom is 0.0727 e. The van der Waals surface area contributed by atoms with Gasteiger partial charge in [-0.3, -0.25) is 9.97 Å². The van der Waals surface area contributed by atoms with E-state index in [-0.39, 0.29) is 28.9 Å². The summed E-state index contributed by atoms with van der Waals surface area (Å²) >= 11 is 0. The molecule has 0 bridgehead atoms. The first-order valence-electron chi connectivity index (χ1n) is 11.1. The fraction of sp³-hybridized carbons (Fsp3) is 0.179. The summed E-state index contributed by atoms with van der Waals surface area (Å²) in [5.74, 6) is 1.82. The van der Waals surface area contributed by atoms with Gasteiger partial charge >= 0.3 is 0 Å². The van der Waals surface area contributed by atoms with E-state index in [1.54, 1.807) is 18.6 Å². The third-order valence-electron chi connectivity index (χ3n) is 4.57. The maximum atomic E-state index is 4.34. The van der Waals surface area contributed by atoms with Crippen LogP contribution in [0.1, 0.15) is 0 Å². The Labute approximate surface area is 223 Å². The maximum absolute atomic E-state index is 4.34. The van der Waals surface area contributed by atoms with Crippen LogP contribution in [0, 0.1) is 12.1 Å². The van der Waals surface area contributed by atoms with Gasteiger partial charge in [-0.25, -0.2) is 0 Å². The minimum Gasteiger partial charge on any atom is -0.365 e. The van der Waals surface area contributed by atoms with Crippen molar-refractivity contribution < 1.29 is 20.1 Å². The average molecular weight is 657 g/mol. The third-order valence-corrected chi connectivity index (χ3v) is 4.57. The molecule has 0 aliphatic rings.